The number of quaternary nitrogens is 1. The number of aliphatic hydroxyl groups excluding tert-OH is 1. The lowest BCUT2D eigenvalue weighted by molar-refractivity contribution is -0.870. The molecule has 0 spiro atoms. The van der Waals surface area contributed by atoms with Crippen LogP contribution in [-0.2, 0) is 18.4 Å². The van der Waals surface area contributed by atoms with Gasteiger partial charge in [-0.1, -0.05) is 250 Å². The molecule has 8 nitrogen and oxygen atoms in total. The molecule has 0 aliphatic carbocycles. The Morgan fingerprint density at radius 3 is 1.27 bits per heavy atom. The molecule has 0 heterocycles. The van der Waals surface area contributed by atoms with Crippen LogP contribution in [0, 0.1) is 0 Å². The van der Waals surface area contributed by atoms with Gasteiger partial charge >= 0.3 is 7.82 Å². The van der Waals surface area contributed by atoms with Gasteiger partial charge in [0, 0.05) is 6.42 Å². The summed E-state index contributed by atoms with van der Waals surface area (Å²) in [5.41, 5.74) is 0. The molecular formula is C54H108N2O6P+. The minimum absolute atomic E-state index is 0.0585. The van der Waals surface area contributed by atoms with Crippen LogP contribution in [0.1, 0.15) is 264 Å². The summed E-state index contributed by atoms with van der Waals surface area (Å²) in [5.74, 6) is -0.183. The maximum Gasteiger partial charge on any atom is 0.472 e. The first-order chi connectivity index (χ1) is 30.5. The van der Waals surface area contributed by atoms with Gasteiger partial charge in [0.1, 0.15) is 13.2 Å². The molecule has 0 rings (SSSR count). The van der Waals surface area contributed by atoms with Crippen molar-refractivity contribution in [3.63, 3.8) is 0 Å². The highest BCUT2D eigenvalue weighted by Gasteiger charge is 2.27. The Labute approximate surface area is 392 Å². The maximum atomic E-state index is 12.9. The fourth-order valence-corrected chi connectivity index (χ4v) is 8.85. The normalized spacial score (nSPS) is 14.2. The quantitative estimate of drug-likeness (QED) is 0.0243. The van der Waals surface area contributed by atoms with Crippen LogP contribution < -0.4 is 5.32 Å². The van der Waals surface area contributed by atoms with E-state index in [4.69, 9.17) is 9.05 Å². The van der Waals surface area contributed by atoms with Crippen molar-refractivity contribution in [3.8, 4) is 0 Å². The number of nitrogens with one attached hydrogen (secondary N) is 1. The van der Waals surface area contributed by atoms with Crippen LogP contribution in [0.2, 0.25) is 0 Å². The van der Waals surface area contributed by atoms with Gasteiger partial charge in [-0.25, -0.2) is 4.57 Å². The predicted molar refractivity (Wildman–Crippen MR) is 272 cm³/mol. The number of phosphoric acid groups is 1. The highest BCUT2D eigenvalue weighted by atomic mass is 31.2. The van der Waals surface area contributed by atoms with Gasteiger partial charge in [0.15, 0.2) is 0 Å². The van der Waals surface area contributed by atoms with Gasteiger partial charge < -0.3 is 19.8 Å². The third kappa shape index (κ3) is 48.7. The number of rotatable bonds is 50. The van der Waals surface area contributed by atoms with Gasteiger partial charge in [-0.15, -0.1) is 0 Å². The van der Waals surface area contributed by atoms with E-state index in [1.165, 1.54) is 205 Å². The summed E-state index contributed by atoms with van der Waals surface area (Å²) in [6.45, 7) is 4.82. The van der Waals surface area contributed by atoms with Gasteiger partial charge in [0.2, 0.25) is 5.91 Å². The summed E-state index contributed by atoms with van der Waals surface area (Å²) in [4.78, 5) is 23.2. The highest BCUT2D eigenvalue weighted by Crippen LogP contribution is 2.43. The van der Waals surface area contributed by atoms with E-state index in [1.54, 1.807) is 6.08 Å². The lowest BCUT2D eigenvalue weighted by Gasteiger charge is -2.25. The average molecular weight is 912 g/mol. The standard InChI is InChI=1S/C54H107N2O6P/c1-6-8-10-12-14-16-18-20-22-23-24-25-26-27-28-29-30-31-32-33-34-35-37-39-41-43-45-47-53(57)52(51-62-63(59,60)61-50-49-56(3,4)5)55-54(58)48-46-44-42-40-38-36-21-19-17-15-13-11-9-7-2/h37,39,45,47,52-53,57H,6-36,38,40-44,46,48-51H2,1-5H3,(H-,55,58,59,60)/p+1/b39-37+,47-45+. The molecule has 0 aromatic carbocycles. The molecule has 0 aliphatic heterocycles. The molecular weight excluding hydrogens is 804 g/mol. The van der Waals surface area contributed by atoms with E-state index in [9.17, 15) is 19.4 Å². The number of amides is 1. The molecule has 0 fully saturated rings. The Kier molecular flexibility index (Phi) is 45.4. The third-order valence-electron chi connectivity index (χ3n) is 12.4. The predicted octanol–water partition coefficient (Wildman–Crippen LogP) is 16.0. The van der Waals surface area contributed by atoms with Crippen LogP contribution in [0.5, 0.6) is 0 Å². The Balaban J connectivity index is 4.21. The molecule has 63 heavy (non-hydrogen) atoms. The van der Waals surface area contributed by atoms with Crippen molar-refractivity contribution in [3.05, 3.63) is 24.3 Å². The van der Waals surface area contributed by atoms with Gasteiger partial charge in [-0.05, 0) is 32.1 Å². The Morgan fingerprint density at radius 2 is 0.873 bits per heavy atom. The number of phosphoric ester groups is 1. The molecule has 3 unspecified atom stereocenters. The van der Waals surface area contributed by atoms with Crippen molar-refractivity contribution in [2.75, 3.05) is 40.9 Å². The van der Waals surface area contributed by atoms with Crippen LogP contribution in [0.25, 0.3) is 0 Å². The second-order valence-corrected chi connectivity index (χ2v) is 21.4. The second-order valence-electron chi connectivity index (χ2n) is 20.0. The SMILES string of the molecule is CCCCCCCCCCCCCCCCCCCCCCC/C=C/CC/C=C/C(O)C(COP(=O)(O)OCC[N+](C)(C)C)NC(=O)CCCCCCCCCCCCCCCC. The van der Waals surface area contributed by atoms with Gasteiger partial charge in [0.05, 0.1) is 39.9 Å². The van der Waals surface area contributed by atoms with Crippen molar-refractivity contribution in [1.29, 1.82) is 0 Å². The number of likely N-dealkylation sites (N-methyl/N-ethyl adjacent to an activating group) is 1. The van der Waals surface area contributed by atoms with E-state index >= 15 is 0 Å². The second kappa shape index (κ2) is 46.1. The maximum absolute atomic E-state index is 12.9. The molecule has 0 radical (unpaired) electrons. The van der Waals surface area contributed by atoms with Gasteiger partial charge in [-0.2, -0.15) is 0 Å². The number of aliphatic hydroxyl groups is 1. The Hall–Kier alpha value is -1.02. The van der Waals surface area contributed by atoms with Gasteiger partial charge in [0.25, 0.3) is 0 Å². The number of unbranched alkanes of at least 4 members (excludes halogenated alkanes) is 35. The van der Waals surface area contributed by atoms with E-state index in [1.807, 2.05) is 27.2 Å². The topological polar surface area (TPSA) is 105 Å². The Bertz CT molecular complexity index is 1080. The van der Waals surface area contributed by atoms with Crippen molar-refractivity contribution < 1.29 is 32.9 Å². The number of carbonyl (C=O) groups excluding carboxylic acids is 1. The van der Waals surface area contributed by atoms with E-state index in [-0.39, 0.29) is 19.1 Å². The summed E-state index contributed by atoms with van der Waals surface area (Å²) in [6.07, 6.45) is 57.1. The molecule has 0 saturated heterocycles. The van der Waals surface area contributed by atoms with Crippen molar-refractivity contribution in [1.82, 2.24) is 5.32 Å². The lowest BCUT2D eigenvalue weighted by atomic mass is 10.0. The van der Waals surface area contributed by atoms with Crippen LogP contribution in [0.4, 0.5) is 0 Å². The smallest absolute Gasteiger partial charge is 0.387 e. The molecule has 3 N–H and O–H groups in total. The van der Waals surface area contributed by atoms with Crippen LogP contribution in [-0.4, -0.2) is 73.4 Å². The summed E-state index contributed by atoms with van der Waals surface area (Å²) >= 11 is 0. The number of hydrogen-bond acceptors (Lipinski definition) is 5. The first-order valence-electron chi connectivity index (χ1n) is 27.2. The third-order valence-corrected chi connectivity index (χ3v) is 13.4. The molecule has 3 atom stereocenters. The van der Waals surface area contributed by atoms with Crippen LogP contribution >= 0.6 is 7.82 Å². The van der Waals surface area contributed by atoms with Gasteiger partial charge in [-0.3, -0.25) is 13.8 Å². The summed E-state index contributed by atoms with van der Waals surface area (Å²) in [7, 11) is 1.57. The zero-order chi connectivity index (χ0) is 46.4. The fourth-order valence-electron chi connectivity index (χ4n) is 8.12. The molecule has 0 saturated carbocycles. The molecule has 0 aliphatic rings. The highest BCUT2D eigenvalue weighted by molar-refractivity contribution is 7.47. The monoisotopic (exact) mass is 912 g/mol. The molecule has 374 valence electrons. The molecule has 0 aromatic heterocycles. The van der Waals surface area contributed by atoms with E-state index in [0.29, 0.717) is 17.4 Å². The van der Waals surface area contributed by atoms with Crippen molar-refractivity contribution >= 4 is 13.7 Å². The summed E-state index contributed by atoms with van der Waals surface area (Å²) in [6, 6.07) is -0.859. The van der Waals surface area contributed by atoms with Crippen LogP contribution in [0.15, 0.2) is 24.3 Å². The minimum atomic E-state index is -4.35. The first kappa shape index (κ1) is 62.0. The van der Waals surface area contributed by atoms with Crippen LogP contribution in [0.3, 0.4) is 0 Å². The zero-order valence-electron chi connectivity index (χ0n) is 42.6. The molecule has 0 bridgehead atoms. The van der Waals surface area contributed by atoms with E-state index in [2.05, 4.69) is 31.3 Å². The first-order valence-corrected chi connectivity index (χ1v) is 28.7. The number of nitrogens with zero attached hydrogens (tertiary/aromatic N) is 1. The van der Waals surface area contributed by atoms with Crippen molar-refractivity contribution in [2.45, 2.75) is 276 Å². The molecule has 9 heteroatoms. The average Bonchev–Trinajstić information content (AvgIpc) is 3.24. The minimum Gasteiger partial charge on any atom is -0.387 e. The number of allylic oxidation sites excluding steroid dienone is 3. The Morgan fingerprint density at radius 1 is 0.524 bits per heavy atom. The van der Waals surface area contributed by atoms with E-state index < -0.39 is 20.0 Å². The number of hydrogen-bond donors (Lipinski definition) is 3. The largest absolute Gasteiger partial charge is 0.472 e. The number of carbonyl (C=O) groups is 1. The zero-order valence-corrected chi connectivity index (χ0v) is 43.5. The summed E-state index contributed by atoms with van der Waals surface area (Å²) < 4.78 is 23.6. The van der Waals surface area contributed by atoms with E-state index in [0.717, 1.165) is 38.5 Å². The summed E-state index contributed by atoms with van der Waals surface area (Å²) in [5, 5.41) is 13.9. The molecule has 0 aromatic rings. The molecule has 1 amide bonds. The fraction of sp³-hybridized carbons (Fsp3) is 0.907. The van der Waals surface area contributed by atoms with Crippen molar-refractivity contribution in [2.24, 2.45) is 0 Å². The lowest BCUT2D eigenvalue weighted by Crippen LogP contribution is -2.45.